The molecule has 2 rings (SSSR count). The highest BCUT2D eigenvalue weighted by atomic mass is 16.5. The molecular weight excluding hydrogens is 206 g/mol. The lowest BCUT2D eigenvalue weighted by Gasteiger charge is -2.05. The quantitative estimate of drug-likeness (QED) is 0.780. The second kappa shape index (κ2) is 4.08. The molecule has 0 radical (unpaired) electrons. The molecule has 0 aromatic carbocycles. The van der Waals surface area contributed by atoms with E-state index in [-0.39, 0.29) is 11.4 Å². The number of hydrogen-bond donors (Lipinski definition) is 1. The number of aromatic nitrogens is 2. The molecule has 0 saturated heterocycles. The summed E-state index contributed by atoms with van der Waals surface area (Å²) >= 11 is 0. The van der Waals surface area contributed by atoms with Gasteiger partial charge in [-0.05, 0) is 19.3 Å². The highest BCUT2D eigenvalue weighted by Crippen LogP contribution is 2.45. The molecule has 2 atom stereocenters. The lowest BCUT2D eigenvalue weighted by Crippen LogP contribution is -2.11. The zero-order chi connectivity index (χ0) is 11.7. The Labute approximate surface area is 94.0 Å². The van der Waals surface area contributed by atoms with Gasteiger partial charge in [-0.2, -0.15) is 0 Å². The smallest absolute Gasteiger partial charge is 0.343 e. The van der Waals surface area contributed by atoms with Crippen LogP contribution in [0.5, 0.6) is 0 Å². The maximum atomic E-state index is 11.4. The van der Waals surface area contributed by atoms with Gasteiger partial charge in [0.2, 0.25) is 0 Å². The van der Waals surface area contributed by atoms with E-state index in [2.05, 4.69) is 16.9 Å². The summed E-state index contributed by atoms with van der Waals surface area (Å²) < 4.78 is 4.85. The normalized spacial score (nSPS) is 22.9. The van der Waals surface area contributed by atoms with E-state index in [4.69, 9.17) is 10.5 Å². The Kier molecular flexibility index (Phi) is 2.77. The van der Waals surface area contributed by atoms with Crippen molar-refractivity contribution in [1.29, 1.82) is 0 Å². The van der Waals surface area contributed by atoms with E-state index in [0.717, 1.165) is 12.2 Å². The lowest BCUT2D eigenvalue weighted by atomic mass is 10.2. The second-order valence-corrected chi connectivity index (χ2v) is 4.07. The summed E-state index contributed by atoms with van der Waals surface area (Å²) in [5.74, 6) is 1.50. The second-order valence-electron chi connectivity index (χ2n) is 4.07. The fraction of sp³-hybridized carbons (Fsp3) is 0.545. The van der Waals surface area contributed by atoms with E-state index < -0.39 is 5.97 Å². The number of nitrogens with zero attached hydrogens (tertiary/aromatic N) is 2. The van der Waals surface area contributed by atoms with Gasteiger partial charge in [0.25, 0.3) is 0 Å². The van der Waals surface area contributed by atoms with Crippen molar-refractivity contribution in [3.05, 3.63) is 17.6 Å². The molecule has 1 aromatic rings. The van der Waals surface area contributed by atoms with Crippen molar-refractivity contribution in [2.45, 2.75) is 26.2 Å². The minimum absolute atomic E-state index is 0.211. The van der Waals surface area contributed by atoms with Gasteiger partial charge in [-0.1, -0.05) is 6.92 Å². The van der Waals surface area contributed by atoms with Crippen molar-refractivity contribution in [2.75, 3.05) is 12.3 Å². The van der Waals surface area contributed by atoms with E-state index >= 15 is 0 Å². The third-order valence-corrected chi connectivity index (χ3v) is 2.77. The van der Waals surface area contributed by atoms with Crippen LogP contribution in [0.25, 0.3) is 0 Å². The van der Waals surface area contributed by atoms with E-state index in [1.54, 1.807) is 6.92 Å². The molecule has 1 aromatic heterocycles. The van der Waals surface area contributed by atoms with Gasteiger partial charge in [-0.25, -0.2) is 14.8 Å². The zero-order valence-corrected chi connectivity index (χ0v) is 9.43. The first kappa shape index (κ1) is 10.9. The maximum absolute atomic E-state index is 11.4. The molecule has 1 aliphatic carbocycles. The number of ether oxygens (including phenoxy) is 1. The Balaban J connectivity index is 2.19. The van der Waals surface area contributed by atoms with Crippen LogP contribution in [0.1, 0.15) is 42.4 Å². The SMILES string of the molecule is CCOC(=O)c1cnc(C2CC2C)nc1N. The molecule has 1 heterocycles. The Hall–Kier alpha value is -1.65. The highest BCUT2D eigenvalue weighted by molar-refractivity contribution is 5.93. The average Bonchev–Trinajstić information content (AvgIpc) is 2.95. The number of nitrogen functional groups attached to an aromatic ring is 1. The molecular formula is C11H15N3O2. The topological polar surface area (TPSA) is 78.1 Å². The van der Waals surface area contributed by atoms with Crippen LogP contribution >= 0.6 is 0 Å². The summed E-state index contributed by atoms with van der Waals surface area (Å²) in [6.07, 6.45) is 2.55. The predicted octanol–water partition coefficient (Wildman–Crippen LogP) is 1.36. The van der Waals surface area contributed by atoms with Crippen LogP contribution in [0.2, 0.25) is 0 Å². The van der Waals surface area contributed by atoms with Crippen molar-refractivity contribution in [3.63, 3.8) is 0 Å². The Morgan fingerprint density at radius 3 is 2.88 bits per heavy atom. The fourth-order valence-corrected chi connectivity index (χ4v) is 1.64. The molecule has 0 spiro atoms. The van der Waals surface area contributed by atoms with Crippen LogP contribution in [-0.4, -0.2) is 22.5 Å². The van der Waals surface area contributed by atoms with Crippen molar-refractivity contribution in [2.24, 2.45) is 5.92 Å². The maximum Gasteiger partial charge on any atom is 0.343 e. The molecule has 5 heteroatoms. The van der Waals surface area contributed by atoms with Gasteiger partial charge >= 0.3 is 5.97 Å². The third kappa shape index (κ3) is 1.98. The molecule has 2 unspecified atom stereocenters. The van der Waals surface area contributed by atoms with Crippen molar-refractivity contribution in [1.82, 2.24) is 9.97 Å². The minimum atomic E-state index is -0.463. The summed E-state index contributed by atoms with van der Waals surface area (Å²) in [6, 6.07) is 0. The van der Waals surface area contributed by atoms with Crippen molar-refractivity contribution in [3.8, 4) is 0 Å². The number of rotatable bonds is 3. The number of carbonyl (C=O) groups excluding carboxylic acids is 1. The monoisotopic (exact) mass is 221 g/mol. The van der Waals surface area contributed by atoms with Crippen LogP contribution in [-0.2, 0) is 4.74 Å². The largest absolute Gasteiger partial charge is 0.462 e. The highest BCUT2D eigenvalue weighted by Gasteiger charge is 2.36. The van der Waals surface area contributed by atoms with Crippen LogP contribution in [0.15, 0.2) is 6.20 Å². The average molecular weight is 221 g/mol. The van der Waals surface area contributed by atoms with Gasteiger partial charge in [0, 0.05) is 12.1 Å². The first-order chi connectivity index (χ1) is 7.63. The predicted molar refractivity (Wildman–Crippen MR) is 58.9 cm³/mol. The number of hydrogen-bond acceptors (Lipinski definition) is 5. The number of carbonyl (C=O) groups is 1. The van der Waals surface area contributed by atoms with Crippen LogP contribution in [0.3, 0.4) is 0 Å². The molecule has 86 valence electrons. The molecule has 0 amide bonds. The van der Waals surface area contributed by atoms with Gasteiger partial charge in [-0.3, -0.25) is 0 Å². The summed E-state index contributed by atoms with van der Waals surface area (Å²) in [6.45, 7) is 4.21. The molecule has 2 N–H and O–H groups in total. The molecule has 16 heavy (non-hydrogen) atoms. The molecule has 5 nitrogen and oxygen atoms in total. The van der Waals surface area contributed by atoms with Gasteiger partial charge in [0.05, 0.1) is 6.61 Å². The standard InChI is InChI=1S/C11H15N3O2/c1-3-16-11(15)8-5-13-10(14-9(8)12)7-4-6(7)2/h5-7H,3-4H2,1-2H3,(H2,12,13,14). The summed E-state index contributed by atoms with van der Waals surface area (Å²) in [7, 11) is 0. The van der Waals surface area contributed by atoms with Crippen LogP contribution in [0, 0.1) is 5.92 Å². The molecule has 1 saturated carbocycles. The molecule has 1 fully saturated rings. The zero-order valence-electron chi connectivity index (χ0n) is 9.43. The molecule has 0 bridgehead atoms. The lowest BCUT2D eigenvalue weighted by molar-refractivity contribution is 0.0526. The molecule has 1 aliphatic rings. The Bertz CT molecular complexity index is 420. The summed E-state index contributed by atoms with van der Waals surface area (Å²) in [4.78, 5) is 19.8. The van der Waals surface area contributed by atoms with Crippen molar-refractivity contribution < 1.29 is 9.53 Å². The van der Waals surface area contributed by atoms with E-state index in [1.165, 1.54) is 6.20 Å². The van der Waals surface area contributed by atoms with E-state index in [9.17, 15) is 4.79 Å². The number of anilines is 1. The van der Waals surface area contributed by atoms with Gasteiger partial charge in [0.15, 0.2) is 0 Å². The van der Waals surface area contributed by atoms with Crippen LogP contribution < -0.4 is 5.73 Å². The minimum Gasteiger partial charge on any atom is -0.462 e. The van der Waals surface area contributed by atoms with Gasteiger partial charge in [0.1, 0.15) is 17.2 Å². The van der Waals surface area contributed by atoms with Crippen LogP contribution in [0.4, 0.5) is 5.82 Å². The third-order valence-electron chi connectivity index (χ3n) is 2.77. The fourth-order valence-electron chi connectivity index (χ4n) is 1.64. The van der Waals surface area contributed by atoms with E-state index in [0.29, 0.717) is 18.4 Å². The summed E-state index contributed by atoms with van der Waals surface area (Å²) in [5, 5.41) is 0. The van der Waals surface area contributed by atoms with Crippen molar-refractivity contribution >= 4 is 11.8 Å². The summed E-state index contributed by atoms with van der Waals surface area (Å²) in [5.41, 5.74) is 5.96. The van der Waals surface area contributed by atoms with Gasteiger partial charge < -0.3 is 10.5 Å². The Morgan fingerprint density at radius 2 is 2.38 bits per heavy atom. The van der Waals surface area contributed by atoms with Gasteiger partial charge in [-0.15, -0.1) is 0 Å². The number of nitrogens with two attached hydrogens (primary N) is 1. The Morgan fingerprint density at radius 1 is 1.69 bits per heavy atom. The molecule has 0 aliphatic heterocycles. The first-order valence-corrected chi connectivity index (χ1v) is 5.43. The number of esters is 1. The van der Waals surface area contributed by atoms with E-state index in [1.807, 2.05) is 0 Å². The first-order valence-electron chi connectivity index (χ1n) is 5.43.